The Morgan fingerprint density at radius 3 is 2.63 bits per heavy atom. The highest BCUT2D eigenvalue weighted by Gasteiger charge is 2.32. The monoisotopic (exact) mass is 369 g/mol. The standard InChI is InChI=1S/C21H20FNO4/c1-24-13-25-21-19(12-26-23-21)18-4-2-3-5-20(18)27-17-10-15(11-17)14-6-8-16(22)9-7-14/h2-9,12,15,17H,10-11,13H2,1H3. The summed E-state index contributed by atoms with van der Waals surface area (Å²) in [6, 6.07) is 14.4. The quantitative estimate of drug-likeness (QED) is 0.561. The number of hydrogen-bond acceptors (Lipinski definition) is 5. The van der Waals surface area contributed by atoms with Crippen molar-refractivity contribution in [1.29, 1.82) is 0 Å². The highest BCUT2D eigenvalue weighted by atomic mass is 19.1. The lowest BCUT2D eigenvalue weighted by molar-refractivity contribution is 0.0456. The van der Waals surface area contributed by atoms with Crippen molar-refractivity contribution in [3.8, 4) is 22.8 Å². The summed E-state index contributed by atoms with van der Waals surface area (Å²) in [5.74, 6) is 1.31. The molecular formula is C21H20FNO4. The molecule has 1 aliphatic rings. The third kappa shape index (κ3) is 3.80. The molecule has 2 aromatic carbocycles. The molecule has 0 atom stereocenters. The van der Waals surface area contributed by atoms with Gasteiger partial charge in [-0.3, -0.25) is 0 Å². The molecule has 0 spiro atoms. The molecule has 0 N–H and O–H groups in total. The molecule has 4 rings (SSSR count). The Labute approximate surface area is 156 Å². The molecule has 1 aliphatic carbocycles. The number of methoxy groups -OCH3 is 1. The average Bonchev–Trinajstić information content (AvgIpc) is 3.12. The van der Waals surface area contributed by atoms with Crippen LogP contribution < -0.4 is 9.47 Å². The summed E-state index contributed by atoms with van der Waals surface area (Å²) in [4.78, 5) is 0. The first kappa shape index (κ1) is 17.5. The van der Waals surface area contributed by atoms with E-state index in [0.29, 0.717) is 11.8 Å². The lowest BCUT2D eigenvalue weighted by Crippen LogP contribution is -2.32. The fourth-order valence-electron chi connectivity index (χ4n) is 3.26. The summed E-state index contributed by atoms with van der Waals surface area (Å²) in [6.45, 7) is 0.0878. The zero-order chi connectivity index (χ0) is 18.6. The van der Waals surface area contributed by atoms with E-state index in [1.165, 1.54) is 18.4 Å². The predicted molar refractivity (Wildman–Crippen MR) is 97.2 cm³/mol. The molecule has 0 bridgehead atoms. The molecule has 6 heteroatoms. The summed E-state index contributed by atoms with van der Waals surface area (Å²) < 4.78 is 34.7. The van der Waals surface area contributed by atoms with E-state index < -0.39 is 0 Å². The number of benzene rings is 2. The minimum absolute atomic E-state index is 0.0878. The average molecular weight is 369 g/mol. The van der Waals surface area contributed by atoms with Crippen molar-refractivity contribution in [3.63, 3.8) is 0 Å². The van der Waals surface area contributed by atoms with Crippen LogP contribution in [0.1, 0.15) is 24.3 Å². The van der Waals surface area contributed by atoms with Crippen molar-refractivity contribution < 1.29 is 23.1 Å². The maximum Gasteiger partial charge on any atom is 0.264 e. The van der Waals surface area contributed by atoms with Crippen LogP contribution in [-0.4, -0.2) is 25.2 Å². The van der Waals surface area contributed by atoms with Gasteiger partial charge in [-0.25, -0.2) is 4.39 Å². The van der Waals surface area contributed by atoms with E-state index in [1.54, 1.807) is 7.11 Å². The molecule has 0 saturated heterocycles. The predicted octanol–water partition coefficient (Wildman–Crippen LogP) is 4.79. The number of rotatable bonds is 7. The fourth-order valence-corrected chi connectivity index (χ4v) is 3.26. The van der Waals surface area contributed by atoms with Crippen molar-refractivity contribution >= 4 is 0 Å². The Morgan fingerprint density at radius 1 is 1.07 bits per heavy atom. The Kier molecular flexibility index (Phi) is 5.07. The Hall–Kier alpha value is -2.86. The Bertz CT molecular complexity index is 887. The summed E-state index contributed by atoms with van der Waals surface area (Å²) in [6.07, 6.45) is 3.45. The summed E-state index contributed by atoms with van der Waals surface area (Å²) in [5.41, 5.74) is 2.73. The first-order valence-corrected chi connectivity index (χ1v) is 8.82. The molecule has 1 fully saturated rings. The molecule has 1 heterocycles. The van der Waals surface area contributed by atoms with Gasteiger partial charge in [0.15, 0.2) is 6.79 Å². The van der Waals surface area contributed by atoms with Gasteiger partial charge < -0.3 is 18.7 Å². The molecule has 27 heavy (non-hydrogen) atoms. The summed E-state index contributed by atoms with van der Waals surface area (Å²) in [5, 5.41) is 3.88. The fraction of sp³-hybridized carbons (Fsp3) is 0.286. The second kappa shape index (κ2) is 7.80. The van der Waals surface area contributed by atoms with Gasteiger partial charge in [-0.15, -0.1) is 0 Å². The minimum atomic E-state index is -0.208. The molecule has 5 nitrogen and oxygen atoms in total. The molecule has 0 radical (unpaired) electrons. The lowest BCUT2D eigenvalue weighted by Gasteiger charge is -2.36. The summed E-state index contributed by atoms with van der Waals surface area (Å²) >= 11 is 0. The number of halogens is 1. The van der Waals surface area contributed by atoms with Crippen molar-refractivity contribution in [2.45, 2.75) is 24.9 Å². The van der Waals surface area contributed by atoms with Gasteiger partial charge in [0, 0.05) is 12.7 Å². The number of ether oxygens (including phenoxy) is 3. The first-order chi connectivity index (χ1) is 13.2. The van der Waals surface area contributed by atoms with Crippen LogP contribution in [0.5, 0.6) is 11.6 Å². The van der Waals surface area contributed by atoms with E-state index in [-0.39, 0.29) is 18.7 Å². The topological polar surface area (TPSA) is 53.7 Å². The largest absolute Gasteiger partial charge is 0.490 e. The third-order valence-electron chi connectivity index (χ3n) is 4.76. The maximum absolute atomic E-state index is 13.1. The van der Waals surface area contributed by atoms with Crippen LogP contribution in [0.3, 0.4) is 0 Å². The summed E-state index contributed by atoms with van der Waals surface area (Å²) in [7, 11) is 1.55. The Balaban J connectivity index is 1.45. The van der Waals surface area contributed by atoms with Crippen LogP contribution in [0.4, 0.5) is 4.39 Å². The zero-order valence-electron chi connectivity index (χ0n) is 14.9. The smallest absolute Gasteiger partial charge is 0.264 e. The van der Waals surface area contributed by atoms with Crippen LogP contribution in [0.15, 0.2) is 59.3 Å². The van der Waals surface area contributed by atoms with Gasteiger partial charge in [-0.1, -0.05) is 30.3 Å². The van der Waals surface area contributed by atoms with E-state index >= 15 is 0 Å². The number of para-hydroxylation sites is 1. The van der Waals surface area contributed by atoms with Gasteiger partial charge in [0.2, 0.25) is 0 Å². The molecule has 1 aromatic heterocycles. The van der Waals surface area contributed by atoms with Crippen molar-refractivity contribution in [2.75, 3.05) is 13.9 Å². The van der Waals surface area contributed by atoms with E-state index in [4.69, 9.17) is 18.7 Å². The third-order valence-corrected chi connectivity index (χ3v) is 4.76. The van der Waals surface area contributed by atoms with Crippen LogP contribution in [-0.2, 0) is 4.74 Å². The van der Waals surface area contributed by atoms with Crippen molar-refractivity contribution in [3.05, 3.63) is 66.2 Å². The zero-order valence-corrected chi connectivity index (χ0v) is 14.9. The first-order valence-electron chi connectivity index (χ1n) is 8.82. The van der Waals surface area contributed by atoms with E-state index in [2.05, 4.69) is 5.16 Å². The van der Waals surface area contributed by atoms with E-state index in [9.17, 15) is 4.39 Å². The Morgan fingerprint density at radius 2 is 1.85 bits per heavy atom. The van der Waals surface area contributed by atoms with Crippen LogP contribution >= 0.6 is 0 Å². The second-order valence-corrected chi connectivity index (χ2v) is 6.54. The number of nitrogens with zero attached hydrogens (tertiary/aromatic N) is 1. The lowest BCUT2D eigenvalue weighted by atomic mass is 9.77. The normalized spacial score (nSPS) is 18.7. The molecule has 3 aromatic rings. The van der Waals surface area contributed by atoms with Gasteiger partial charge >= 0.3 is 0 Å². The maximum atomic E-state index is 13.1. The molecule has 1 saturated carbocycles. The van der Waals surface area contributed by atoms with Crippen LogP contribution in [0, 0.1) is 5.82 Å². The van der Waals surface area contributed by atoms with Gasteiger partial charge in [0.25, 0.3) is 5.88 Å². The van der Waals surface area contributed by atoms with Gasteiger partial charge in [-0.05, 0) is 47.7 Å². The van der Waals surface area contributed by atoms with E-state index in [1.807, 2.05) is 36.4 Å². The van der Waals surface area contributed by atoms with Gasteiger partial charge in [0.1, 0.15) is 17.8 Å². The highest BCUT2D eigenvalue weighted by Crippen LogP contribution is 2.42. The molecule has 0 amide bonds. The van der Waals surface area contributed by atoms with Gasteiger partial charge in [0.05, 0.1) is 11.7 Å². The van der Waals surface area contributed by atoms with Crippen molar-refractivity contribution in [1.82, 2.24) is 5.16 Å². The van der Waals surface area contributed by atoms with Crippen LogP contribution in [0.25, 0.3) is 11.1 Å². The number of hydrogen-bond donors (Lipinski definition) is 0. The van der Waals surface area contributed by atoms with Crippen LogP contribution in [0.2, 0.25) is 0 Å². The molecule has 0 unspecified atom stereocenters. The SMILES string of the molecule is COCOc1nocc1-c1ccccc1OC1CC(c2ccc(F)cc2)C1. The minimum Gasteiger partial charge on any atom is -0.490 e. The molecule has 140 valence electrons. The number of aromatic nitrogens is 1. The highest BCUT2D eigenvalue weighted by molar-refractivity contribution is 5.73. The van der Waals surface area contributed by atoms with Crippen molar-refractivity contribution in [2.24, 2.45) is 0 Å². The van der Waals surface area contributed by atoms with Gasteiger partial charge in [-0.2, -0.15) is 0 Å². The molecular weight excluding hydrogens is 349 g/mol. The molecule has 0 aliphatic heterocycles. The second-order valence-electron chi connectivity index (χ2n) is 6.54. The van der Waals surface area contributed by atoms with E-state index in [0.717, 1.165) is 35.3 Å².